The second-order valence-corrected chi connectivity index (χ2v) is 3.85. The van der Waals surface area contributed by atoms with Gasteiger partial charge in [0.15, 0.2) is 0 Å². The molecule has 0 saturated carbocycles. The summed E-state index contributed by atoms with van der Waals surface area (Å²) in [6.45, 7) is 3.80. The zero-order valence-electron chi connectivity index (χ0n) is 9.73. The maximum absolute atomic E-state index is 11.6. The Morgan fingerprint density at radius 1 is 1.50 bits per heavy atom. The largest absolute Gasteiger partial charge is 0.481 e. The van der Waals surface area contributed by atoms with Gasteiger partial charge in [0.1, 0.15) is 0 Å². The number of ether oxygens (including phenoxy) is 1. The molecule has 0 aliphatic rings. The molecule has 0 aliphatic carbocycles. The zero-order valence-corrected chi connectivity index (χ0v) is 9.73. The Morgan fingerprint density at radius 3 is 2.62 bits per heavy atom. The first-order valence-electron chi connectivity index (χ1n) is 5.11. The van der Waals surface area contributed by atoms with E-state index in [1.807, 2.05) is 13.8 Å². The van der Waals surface area contributed by atoms with Gasteiger partial charge in [0.2, 0.25) is 11.8 Å². The van der Waals surface area contributed by atoms with Gasteiger partial charge in [0.05, 0.1) is 25.0 Å². The number of hydrogen-bond donors (Lipinski definition) is 2. The first kappa shape index (κ1) is 12.4. The number of anilines is 1. The summed E-state index contributed by atoms with van der Waals surface area (Å²) < 4.78 is 4.91. The molecule has 5 heteroatoms. The van der Waals surface area contributed by atoms with Gasteiger partial charge in [-0.05, 0) is 12.0 Å². The number of amides is 1. The third-order valence-corrected chi connectivity index (χ3v) is 2.23. The Bertz CT molecular complexity index is 349. The summed E-state index contributed by atoms with van der Waals surface area (Å²) in [6, 6.07) is 2.88. The van der Waals surface area contributed by atoms with Gasteiger partial charge in [-0.1, -0.05) is 13.8 Å². The van der Waals surface area contributed by atoms with E-state index in [2.05, 4.69) is 10.3 Å². The number of rotatable bonds is 4. The first-order valence-corrected chi connectivity index (χ1v) is 5.11. The molecule has 1 rings (SSSR count). The van der Waals surface area contributed by atoms with Crippen LogP contribution in [0, 0.1) is 5.92 Å². The van der Waals surface area contributed by atoms with Crippen molar-refractivity contribution in [3.05, 3.63) is 18.3 Å². The molecule has 5 nitrogen and oxygen atoms in total. The second kappa shape index (κ2) is 5.46. The molecule has 0 spiro atoms. The van der Waals surface area contributed by atoms with Gasteiger partial charge in [-0.3, -0.25) is 4.79 Å². The van der Waals surface area contributed by atoms with E-state index < -0.39 is 6.04 Å². The van der Waals surface area contributed by atoms with Crippen molar-refractivity contribution >= 4 is 11.6 Å². The van der Waals surface area contributed by atoms with Gasteiger partial charge in [-0.15, -0.1) is 0 Å². The minimum Gasteiger partial charge on any atom is -0.481 e. The van der Waals surface area contributed by atoms with Crippen molar-refractivity contribution in [2.75, 3.05) is 12.4 Å². The average molecular weight is 223 g/mol. The molecule has 16 heavy (non-hydrogen) atoms. The average Bonchev–Trinajstić information content (AvgIpc) is 2.28. The molecule has 88 valence electrons. The standard InChI is InChI=1S/C11H17N3O2/c1-7(2)10(12)11(15)14-8-4-5-9(16-3)13-6-8/h4-7,10H,12H2,1-3H3,(H,14,15). The van der Waals surface area contributed by atoms with Crippen LogP contribution in [0.2, 0.25) is 0 Å². The third-order valence-electron chi connectivity index (χ3n) is 2.23. The van der Waals surface area contributed by atoms with Crippen LogP contribution < -0.4 is 15.8 Å². The number of pyridine rings is 1. The van der Waals surface area contributed by atoms with Crippen LogP contribution in [-0.2, 0) is 4.79 Å². The summed E-state index contributed by atoms with van der Waals surface area (Å²) in [5.74, 6) is 0.402. The smallest absolute Gasteiger partial charge is 0.241 e. The molecule has 0 saturated heterocycles. The topological polar surface area (TPSA) is 77.2 Å². The molecule has 0 aliphatic heterocycles. The van der Waals surface area contributed by atoms with Crippen LogP contribution in [0.25, 0.3) is 0 Å². The summed E-state index contributed by atoms with van der Waals surface area (Å²) in [6.07, 6.45) is 1.53. The summed E-state index contributed by atoms with van der Waals surface area (Å²) in [4.78, 5) is 15.6. The predicted octanol–water partition coefficient (Wildman–Crippen LogP) is 1.01. The highest BCUT2D eigenvalue weighted by molar-refractivity contribution is 5.94. The van der Waals surface area contributed by atoms with Crippen LogP contribution >= 0.6 is 0 Å². The number of aromatic nitrogens is 1. The van der Waals surface area contributed by atoms with Gasteiger partial charge >= 0.3 is 0 Å². The molecule has 3 N–H and O–H groups in total. The molecular formula is C11H17N3O2. The fourth-order valence-electron chi connectivity index (χ4n) is 1.10. The van der Waals surface area contributed by atoms with Crippen LogP contribution in [0.5, 0.6) is 5.88 Å². The predicted molar refractivity (Wildman–Crippen MR) is 62.2 cm³/mol. The number of nitrogens with one attached hydrogen (secondary N) is 1. The highest BCUT2D eigenvalue weighted by Gasteiger charge is 2.17. The molecule has 1 aromatic rings. The lowest BCUT2D eigenvalue weighted by Crippen LogP contribution is -2.39. The minimum absolute atomic E-state index is 0.103. The van der Waals surface area contributed by atoms with Crippen LogP contribution in [0.15, 0.2) is 18.3 Å². The Labute approximate surface area is 95.0 Å². The van der Waals surface area contributed by atoms with E-state index in [1.54, 1.807) is 12.1 Å². The van der Waals surface area contributed by atoms with Crippen molar-refractivity contribution in [1.29, 1.82) is 0 Å². The lowest BCUT2D eigenvalue weighted by atomic mass is 10.1. The van der Waals surface area contributed by atoms with E-state index in [0.29, 0.717) is 11.6 Å². The van der Waals surface area contributed by atoms with E-state index in [0.717, 1.165) is 0 Å². The normalized spacial score (nSPS) is 12.3. The van der Waals surface area contributed by atoms with Crippen LogP contribution in [0.1, 0.15) is 13.8 Å². The van der Waals surface area contributed by atoms with Crippen molar-refractivity contribution < 1.29 is 9.53 Å². The number of methoxy groups -OCH3 is 1. The quantitative estimate of drug-likeness (QED) is 0.798. The lowest BCUT2D eigenvalue weighted by Gasteiger charge is -2.15. The van der Waals surface area contributed by atoms with Crippen molar-refractivity contribution in [2.45, 2.75) is 19.9 Å². The van der Waals surface area contributed by atoms with E-state index in [-0.39, 0.29) is 11.8 Å². The maximum Gasteiger partial charge on any atom is 0.241 e. The molecule has 1 aromatic heterocycles. The second-order valence-electron chi connectivity index (χ2n) is 3.85. The molecule has 1 unspecified atom stereocenters. The fourth-order valence-corrected chi connectivity index (χ4v) is 1.10. The van der Waals surface area contributed by atoms with Gasteiger partial charge in [-0.2, -0.15) is 0 Å². The first-order chi connectivity index (χ1) is 7.54. The van der Waals surface area contributed by atoms with Gasteiger partial charge < -0.3 is 15.8 Å². The number of nitrogens with two attached hydrogens (primary N) is 1. The van der Waals surface area contributed by atoms with Gasteiger partial charge in [-0.25, -0.2) is 4.98 Å². The Hall–Kier alpha value is -1.62. The highest BCUT2D eigenvalue weighted by Crippen LogP contribution is 2.11. The maximum atomic E-state index is 11.6. The summed E-state index contributed by atoms with van der Waals surface area (Å²) >= 11 is 0. The molecule has 0 radical (unpaired) electrons. The Morgan fingerprint density at radius 2 is 2.19 bits per heavy atom. The fraction of sp³-hybridized carbons (Fsp3) is 0.455. The third kappa shape index (κ3) is 3.20. The van der Waals surface area contributed by atoms with Crippen molar-refractivity contribution in [1.82, 2.24) is 4.98 Å². The van der Waals surface area contributed by atoms with E-state index in [9.17, 15) is 4.79 Å². The summed E-state index contributed by atoms with van der Waals surface area (Å²) in [5.41, 5.74) is 6.32. The van der Waals surface area contributed by atoms with Crippen molar-refractivity contribution in [2.24, 2.45) is 11.7 Å². The number of carbonyl (C=O) groups is 1. The molecule has 0 bridgehead atoms. The molecule has 1 amide bonds. The molecule has 1 atom stereocenters. The zero-order chi connectivity index (χ0) is 12.1. The van der Waals surface area contributed by atoms with Crippen LogP contribution in [-0.4, -0.2) is 24.0 Å². The van der Waals surface area contributed by atoms with Gasteiger partial charge in [0.25, 0.3) is 0 Å². The molecular weight excluding hydrogens is 206 g/mol. The Kier molecular flexibility index (Phi) is 4.25. The SMILES string of the molecule is COc1ccc(NC(=O)C(N)C(C)C)cn1. The number of hydrogen-bond acceptors (Lipinski definition) is 4. The Balaban J connectivity index is 2.62. The van der Waals surface area contributed by atoms with E-state index >= 15 is 0 Å². The van der Waals surface area contributed by atoms with Crippen molar-refractivity contribution in [3.8, 4) is 5.88 Å². The number of carbonyl (C=O) groups excluding carboxylic acids is 1. The monoisotopic (exact) mass is 223 g/mol. The van der Waals surface area contributed by atoms with E-state index in [1.165, 1.54) is 13.3 Å². The lowest BCUT2D eigenvalue weighted by molar-refractivity contribution is -0.118. The summed E-state index contributed by atoms with van der Waals surface area (Å²) in [5, 5.41) is 2.69. The van der Waals surface area contributed by atoms with Crippen LogP contribution in [0.3, 0.4) is 0 Å². The number of nitrogens with zero attached hydrogens (tertiary/aromatic N) is 1. The molecule has 0 fully saturated rings. The highest BCUT2D eigenvalue weighted by atomic mass is 16.5. The van der Waals surface area contributed by atoms with E-state index in [4.69, 9.17) is 10.5 Å². The molecule has 1 heterocycles. The van der Waals surface area contributed by atoms with Crippen molar-refractivity contribution in [3.63, 3.8) is 0 Å². The molecule has 0 aromatic carbocycles. The minimum atomic E-state index is -0.512. The van der Waals surface area contributed by atoms with Crippen LogP contribution in [0.4, 0.5) is 5.69 Å². The summed E-state index contributed by atoms with van der Waals surface area (Å²) in [7, 11) is 1.54. The van der Waals surface area contributed by atoms with Gasteiger partial charge in [0, 0.05) is 6.07 Å².